The van der Waals surface area contributed by atoms with Gasteiger partial charge in [0, 0.05) is 5.56 Å². The van der Waals surface area contributed by atoms with E-state index in [0.29, 0.717) is 51.6 Å². The summed E-state index contributed by atoms with van der Waals surface area (Å²) in [6.45, 7) is 0. The molecular formula is C24H20F6O4. The number of hydrogen-bond donors (Lipinski definition) is 1. The molecule has 0 aliphatic carbocycles. The van der Waals surface area contributed by atoms with Gasteiger partial charge in [0.15, 0.2) is 11.5 Å². The van der Waals surface area contributed by atoms with E-state index in [-0.39, 0.29) is 0 Å². The molecule has 0 aliphatic heterocycles. The first-order chi connectivity index (χ1) is 15.9. The predicted molar refractivity (Wildman–Crippen MR) is 113 cm³/mol. The van der Waals surface area contributed by atoms with E-state index in [9.17, 15) is 31.4 Å². The number of halogens is 6. The van der Waals surface area contributed by atoms with Crippen molar-refractivity contribution in [2.45, 2.75) is 18.0 Å². The maximum atomic E-state index is 13.2. The molecule has 0 spiro atoms. The molecule has 34 heavy (non-hydrogen) atoms. The van der Waals surface area contributed by atoms with E-state index in [4.69, 9.17) is 14.2 Å². The first-order valence-electron chi connectivity index (χ1n) is 9.75. The first-order valence-corrected chi connectivity index (χ1v) is 9.75. The molecule has 0 radical (unpaired) electrons. The van der Waals surface area contributed by atoms with Gasteiger partial charge in [-0.15, -0.1) is 0 Å². The number of methoxy groups -OCH3 is 3. The predicted octanol–water partition coefficient (Wildman–Crippen LogP) is 6.36. The summed E-state index contributed by atoms with van der Waals surface area (Å²) in [6.07, 6.45) is -11.9. The molecular weight excluding hydrogens is 466 g/mol. The third-order valence-corrected chi connectivity index (χ3v) is 5.34. The van der Waals surface area contributed by atoms with E-state index < -0.39 is 23.5 Å². The molecule has 0 unspecified atom stereocenters. The van der Waals surface area contributed by atoms with Crippen LogP contribution in [-0.4, -0.2) is 38.8 Å². The van der Waals surface area contributed by atoms with Crippen molar-refractivity contribution < 1.29 is 45.7 Å². The Bertz CT molecular complexity index is 1110. The maximum absolute atomic E-state index is 13.2. The summed E-state index contributed by atoms with van der Waals surface area (Å²) in [5.74, 6) is 1.08. The minimum atomic E-state index is -5.96. The van der Waals surface area contributed by atoms with Crippen molar-refractivity contribution in [2.24, 2.45) is 0 Å². The largest absolute Gasteiger partial charge is 0.493 e. The second kappa shape index (κ2) is 9.09. The maximum Gasteiger partial charge on any atom is 0.430 e. The van der Waals surface area contributed by atoms with Gasteiger partial charge in [0.05, 0.1) is 21.3 Å². The average molecular weight is 486 g/mol. The van der Waals surface area contributed by atoms with E-state index in [1.807, 2.05) is 0 Å². The molecule has 0 atom stereocenters. The Kier molecular flexibility index (Phi) is 6.75. The van der Waals surface area contributed by atoms with Crippen LogP contribution in [0, 0.1) is 0 Å². The normalized spacial score (nSPS) is 12.4. The van der Waals surface area contributed by atoms with Gasteiger partial charge in [0.25, 0.3) is 5.60 Å². The van der Waals surface area contributed by atoms with Crippen molar-refractivity contribution in [3.8, 4) is 39.5 Å². The summed E-state index contributed by atoms with van der Waals surface area (Å²) >= 11 is 0. The molecule has 0 fully saturated rings. The van der Waals surface area contributed by atoms with Crippen LogP contribution in [0.1, 0.15) is 5.56 Å². The first kappa shape index (κ1) is 25.2. The standard InChI is InChI=1S/C24H20F6O4/c1-32-19-12-15(13-20(33-2)21(19)34-3)18-7-5-4-6-17(18)14-8-10-16(11-9-14)22(31,23(25,26)27)24(28,29)30/h4-13,31H,1-3H3. The van der Waals surface area contributed by atoms with E-state index in [2.05, 4.69) is 0 Å². The molecule has 0 bridgehead atoms. The SMILES string of the molecule is COc1cc(-c2ccccc2-c2ccc(C(O)(C(F)(F)F)C(F)(F)F)cc2)cc(OC)c1OC. The highest BCUT2D eigenvalue weighted by atomic mass is 19.4. The van der Waals surface area contributed by atoms with Gasteiger partial charge in [-0.25, -0.2) is 0 Å². The smallest absolute Gasteiger partial charge is 0.430 e. The van der Waals surface area contributed by atoms with Crippen molar-refractivity contribution in [3.05, 3.63) is 66.2 Å². The third-order valence-electron chi connectivity index (χ3n) is 5.34. The Morgan fingerprint density at radius 3 is 1.44 bits per heavy atom. The zero-order valence-electron chi connectivity index (χ0n) is 18.2. The van der Waals surface area contributed by atoms with Gasteiger partial charge in [-0.3, -0.25) is 0 Å². The molecule has 0 heterocycles. The second-order valence-electron chi connectivity index (χ2n) is 7.24. The lowest BCUT2D eigenvalue weighted by Gasteiger charge is -2.32. The molecule has 4 nitrogen and oxygen atoms in total. The molecule has 10 heteroatoms. The summed E-state index contributed by atoms with van der Waals surface area (Å²) in [7, 11) is 4.32. The van der Waals surface area contributed by atoms with Crippen molar-refractivity contribution >= 4 is 0 Å². The highest BCUT2D eigenvalue weighted by Crippen LogP contribution is 2.50. The topological polar surface area (TPSA) is 47.9 Å². The van der Waals surface area contributed by atoms with Gasteiger partial charge in [0.1, 0.15) is 0 Å². The zero-order chi connectivity index (χ0) is 25.3. The van der Waals surface area contributed by atoms with Gasteiger partial charge in [-0.1, -0.05) is 48.5 Å². The minimum Gasteiger partial charge on any atom is -0.493 e. The Balaban J connectivity index is 2.14. The molecule has 0 amide bonds. The van der Waals surface area contributed by atoms with Crippen LogP contribution in [0.4, 0.5) is 26.3 Å². The number of alkyl halides is 6. The fraction of sp³-hybridized carbons (Fsp3) is 0.250. The van der Waals surface area contributed by atoms with Crippen LogP contribution >= 0.6 is 0 Å². The number of benzene rings is 3. The van der Waals surface area contributed by atoms with Crippen molar-refractivity contribution in [3.63, 3.8) is 0 Å². The van der Waals surface area contributed by atoms with Gasteiger partial charge in [0.2, 0.25) is 5.75 Å². The summed E-state index contributed by atoms with van der Waals surface area (Å²) in [5, 5.41) is 9.62. The summed E-state index contributed by atoms with van der Waals surface area (Å²) in [4.78, 5) is 0. The highest BCUT2D eigenvalue weighted by molar-refractivity contribution is 5.85. The van der Waals surface area contributed by atoms with Crippen LogP contribution in [0.2, 0.25) is 0 Å². The van der Waals surface area contributed by atoms with Crippen LogP contribution < -0.4 is 14.2 Å². The third kappa shape index (κ3) is 4.25. The Hall–Kier alpha value is -3.40. The van der Waals surface area contributed by atoms with Crippen LogP contribution in [-0.2, 0) is 5.60 Å². The lowest BCUT2D eigenvalue weighted by molar-refractivity contribution is -0.376. The zero-order valence-corrected chi connectivity index (χ0v) is 18.2. The molecule has 0 aromatic heterocycles. The van der Waals surface area contributed by atoms with Gasteiger partial charge in [-0.2, -0.15) is 26.3 Å². The van der Waals surface area contributed by atoms with Crippen LogP contribution in [0.5, 0.6) is 17.2 Å². The Morgan fingerprint density at radius 1 is 0.618 bits per heavy atom. The summed E-state index contributed by atoms with van der Waals surface area (Å²) in [5.41, 5.74) is -4.26. The number of hydrogen-bond acceptors (Lipinski definition) is 4. The molecule has 0 saturated carbocycles. The van der Waals surface area contributed by atoms with Crippen molar-refractivity contribution in [1.82, 2.24) is 0 Å². The molecule has 3 aromatic rings. The van der Waals surface area contributed by atoms with Gasteiger partial charge >= 0.3 is 12.4 Å². The minimum absolute atomic E-state index is 0.333. The number of rotatable bonds is 6. The van der Waals surface area contributed by atoms with Gasteiger partial charge < -0.3 is 19.3 Å². The van der Waals surface area contributed by atoms with E-state index in [1.165, 1.54) is 21.3 Å². The molecule has 182 valence electrons. The highest BCUT2D eigenvalue weighted by Gasteiger charge is 2.71. The lowest BCUT2D eigenvalue weighted by Crippen LogP contribution is -2.53. The molecule has 3 rings (SSSR count). The fourth-order valence-corrected chi connectivity index (χ4v) is 3.60. The van der Waals surface area contributed by atoms with Gasteiger partial charge in [-0.05, 0) is 34.4 Å². The monoisotopic (exact) mass is 486 g/mol. The summed E-state index contributed by atoms with van der Waals surface area (Å²) < 4.78 is 95.2. The number of aliphatic hydroxyl groups is 1. The quantitative estimate of drug-likeness (QED) is 0.412. The molecule has 1 N–H and O–H groups in total. The lowest BCUT2D eigenvalue weighted by atomic mass is 9.89. The average Bonchev–Trinajstić information content (AvgIpc) is 2.81. The molecule has 0 aliphatic rings. The van der Waals surface area contributed by atoms with Crippen molar-refractivity contribution in [2.75, 3.05) is 21.3 Å². The molecule has 0 saturated heterocycles. The summed E-state index contributed by atoms with van der Waals surface area (Å²) in [6, 6.07) is 13.5. The van der Waals surface area contributed by atoms with E-state index >= 15 is 0 Å². The fourth-order valence-electron chi connectivity index (χ4n) is 3.60. The number of ether oxygens (including phenoxy) is 3. The van der Waals surface area contributed by atoms with E-state index in [1.54, 1.807) is 36.4 Å². The Labute approximate surface area is 191 Å². The van der Waals surface area contributed by atoms with Crippen LogP contribution in [0.25, 0.3) is 22.3 Å². The van der Waals surface area contributed by atoms with Crippen LogP contribution in [0.15, 0.2) is 60.7 Å². The van der Waals surface area contributed by atoms with E-state index in [0.717, 1.165) is 12.1 Å². The van der Waals surface area contributed by atoms with Crippen molar-refractivity contribution in [1.29, 1.82) is 0 Å². The Morgan fingerprint density at radius 2 is 1.06 bits per heavy atom. The van der Waals surface area contributed by atoms with Crippen LogP contribution in [0.3, 0.4) is 0 Å². The second-order valence-corrected chi connectivity index (χ2v) is 7.24. The molecule has 3 aromatic carbocycles.